The highest BCUT2D eigenvalue weighted by molar-refractivity contribution is 5.62. The maximum Gasteiger partial charge on any atom is 0.165 e. The van der Waals surface area contributed by atoms with Gasteiger partial charge >= 0.3 is 0 Å². The highest BCUT2D eigenvalue weighted by Gasteiger charge is 2.25. The molecule has 2 aromatic rings. The second-order valence-electron chi connectivity index (χ2n) is 6.38. The fourth-order valence-corrected chi connectivity index (χ4v) is 2.55. The van der Waals surface area contributed by atoms with Gasteiger partial charge in [0.1, 0.15) is 5.82 Å². The van der Waals surface area contributed by atoms with E-state index < -0.39 is 0 Å². The normalized spacial score (nSPS) is 11.8. The monoisotopic (exact) mass is 287 g/mol. The molecule has 5 heteroatoms. The predicted octanol–water partition coefficient (Wildman–Crippen LogP) is 3.09. The van der Waals surface area contributed by atoms with Gasteiger partial charge in [-0.1, -0.05) is 27.7 Å². The molecular formula is C16H25N5. The zero-order chi connectivity index (χ0) is 15.8. The molecule has 0 aliphatic rings. The van der Waals surface area contributed by atoms with Gasteiger partial charge in [-0.25, -0.2) is 9.97 Å². The van der Waals surface area contributed by atoms with E-state index >= 15 is 0 Å². The number of hydrogen-bond donors (Lipinski definition) is 1. The minimum absolute atomic E-state index is 0.0446. The molecule has 0 saturated heterocycles. The van der Waals surface area contributed by atoms with Crippen LogP contribution in [0, 0.1) is 6.92 Å². The third-order valence-electron chi connectivity index (χ3n) is 3.58. The summed E-state index contributed by atoms with van der Waals surface area (Å²) in [5.74, 6) is 1.65. The summed E-state index contributed by atoms with van der Waals surface area (Å²) in [6, 6.07) is 0. The van der Waals surface area contributed by atoms with Crippen molar-refractivity contribution in [1.82, 2.24) is 19.7 Å². The van der Waals surface area contributed by atoms with Crippen molar-refractivity contribution in [2.24, 2.45) is 7.05 Å². The first-order valence-electron chi connectivity index (χ1n) is 7.37. The van der Waals surface area contributed by atoms with Crippen LogP contribution in [-0.4, -0.2) is 26.8 Å². The minimum Gasteiger partial charge on any atom is -0.373 e. The maximum absolute atomic E-state index is 4.71. The summed E-state index contributed by atoms with van der Waals surface area (Å²) in [4.78, 5) is 9.41. The molecule has 0 aliphatic heterocycles. The van der Waals surface area contributed by atoms with Crippen molar-refractivity contribution >= 4 is 5.82 Å². The van der Waals surface area contributed by atoms with Gasteiger partial charge in [0, 0.05) is 37.0 Å². The molecule has 0 saturated carbocycles. The van der Waals surface area contributed by atoms with E-state index in [9.17, 15) is 0 Å². The zero-order valence-electron chi connectivity index (χ0n) is 14.1. The van der Waals surface area contributed by atoms with Crippen molar-refractivity contribution in [2.45, 2.75) is 46.5 Å². The van der Waals surface area contributed by atoms with Crippen molar-refractivity contribution < 1.29 is 0 Å². The molecule has 0 fully saturated rings. The Bertz CT molecular complexity index is 649. The average molecular weight is 287 g/mol. The van der Waals surface area contributed by atoms with E-state index in [0.717, 1.165) is 35.0 Å². The van der Waals surface area contributed by atoms with Gasteiger partial charge in [-0.2, -0.15) is 5.10 Å². The quantitative estimate of drug-likeness (QED) is 0.942. The van der Waals surface area contributed by atoms with Crippen LogP contribution in [0.2, 0.25) is 0 Å². The maximum atomic E-state index is 4.71. The van der Waals surface area contributed by atoms with Gasteiger partial charge in [0.05, 0.1) is 11.3 Å². The summed E-state index contributed by atoms with van der Waals surface area (Å²) >= 11 is 0. The number of nitrogens with zero attached hydrogens (tertiary/aromatic N) is 4. The van der Waals surface area contributed by atoms with Crippen LogP contribution in [0.15, 0.2) is 6.20 Å². The minimum atomic E-state index is -0.0446. The number of aromatic nitrogens is 4. The zero-order valence-corrected chi connectivity index (χ0v) is 14.1. The second-order valence-corrected chi connectivity index (χ2v) is 6.38. The van der Waals surface area contributed by atoms with E-state index in [1.165, 1.54) is 5.56 Å². The summed E-state index contributed by atoms with van der Waals surface area (Å²) in [7, 11) is 3.84. The van der Waals surface area contributed by atoms with Crippen LogP contribution >= 0.6 is 0 Å². The van der Waals surface area contributed by atoms with Crippen LogP contribution in [0.3, 0.4) is 0 Å². The van der Waals surface area contributed by atoms with E-state index in [-0.39, 0.29) is 5.41 Å². The molecule has 0 spiro atoms. The molecule has 1 N–H and O–H groups in total. The van der Waals surface area contributed by atoms with Crippen LogP contribution in [-0.2, 0) is 18.9 Å². The molecule has 0 amide bonds. The van der Waals surface area contributed by atoms with Gasteiger partial charge in [-0.3, -0.25) is 4.68 Å². The van der Waals surface area contributed by atoms with Crippen LogP contribution in [0.25, 0.3) is 11.4 Å². The van der Waals surface area contributed by atoms with E-state index in [0.29, 0.717) is 0 Å². The smallest absolute Gasteiger partial charge is 0.165 e. The molecule has 21 heavy (non-hydrogen) atoms. The number of rotatable bonds is 3. The number of aryl methyl sites for hydroxylation is 2. The van der Waals surface area contributed by atoms with Gasteiger partial charge in [0.15, 0.2) is 5.82 Å². The van der Waals surface area contributed by atoms with Crippen LogP contribution in [0.1, 0.15) is 44.6 Å². The van der Waals surface area contributed by atoms with Crippen molar-refractivity contribution in [1.29, 1.82) is 0 Å². The first-order chi connectivity index (χ1) is 9.77. The molecule has 0 aliphatic carbocycles. The molecule has 114 valence electrons. The Kier molecular flexibility index (Phi) is 4.03. The Hall–Kier alpha value is -1.91. The molecule has 5 nitrogen and oxygen atoms in total. The second kappa shape index (κ2) is 5.47. The van der Waals surface area contributed by atoms with Crippen molar-refractivity contribution in [3.63, 3.8) is 0 Å². The number of hydrogen-bond acceptors (Lipinski definition) is 4. The summed E-state index contributed by atoms with van der Waals surface area (Å²) in [6.07, 6.45) is 2.92. The van der Waals surface area contributed by atoms with Gasteiger partial charge in [0.25, 0.3) is 0 Å². The van der Waals surface area contributed by atoms with Crippen LogP contribution in [0.5, 0.6) is 0 Å². The Labute approximate surface area is 126 Å². The summed E-state index contributed by atoms with van der Waals surface area (Å²) in [5.41, 5.74) is 4.18. The highest BCUT2D eigenvalue weighted by atomic mass is 15.3. The molecule has 0 atom stereocenters. The molecule has 2 heterocycles. The van der Waals surface area contributed by atoms with Crippen LogP contribution in [0.4, 0.5) is 5.82 Å². The van der Waals surface area contributed by atoms with E-state index in [1.807, 2.05) is 31.9 Å². The Morgan fingerprint density at radius 2 is 1.90 bits per heavy atom. The summed E-state index contributed by atoms with van der Waals surface area (Å²) in [6.45, 7) is 10.6. The molecule has 0 unspecified atom stereocenters. The van der Waals surface area contributed by atoms with Gasteiger partial charge < -0.3 is 5.32 Å². The van der Waals surface area contributed by atoms with Gasteiger partial charge in [-0.15, -0.1) is 0 Å². The first kappa shape index (κ1) is 15.5. The number of nitrogens with one attached hydrogen (secondary N) is 1. The third-order valence-corrected chi connectivity index (χ3v) is 3.58. The first-order valence-corrected chi connectivity index (χ1v) is 7.37. The van der Waals surface area contributed by atoms with Crippen molar-refractivity contribution in [3.05, 3.63) is 23.1 Å². The Morgan fingerprint density at radius 3 is 2.43 bits per heavy atom. The standard InChI is InChI=1S/C16H25N5/c1-8-11-10(2)18-15(19-14(11)17-6)12-9-21(7)20-13(12)16(3,4)5/h9H,8H2,1-7H3,(H,17,18,19). The Morgan fingerprint density at radius 1 is 1.24 bits per heavy atom. The van der Waals surface area contributed by atoms with Crippen molar-refractivity contribution in [2.75, 3.05) is 12.4 Å². The van der Waals surface area contributed by atoms with Gasteiger partial charge in [0.2, 0.25) is 0 Å². The largest absolute Gasteiger partial charge is 0.373 e. The van der Waals surface area contributed by atoms with E-state index in [4.69, 9.17) is 9.97 Å². The fraction of sp³-hybridized carbons (Fsp3) is 0.562. The van der Waals surface area contributed by atoms with E-state index in [2.05, 4.69) is 38.1 Å². The SMILES string of the molecule is CCc1c(C)nc(-c2cn(C)nc2C(C)(C)C)nc1NC. The molecular weight excluding hydrogens is 262 g/mol. The van der Waals surface area contributed by atoms with E-state index in [1.54, 1.807) is 0 Å². The molecule has 0 radical (unpaired) electrons. The van der Waals surface area contributed by atoms with Gasteiger partial charge in [-0.05, 0) is 13.3 Å². The lowest BCUT2D eigenvalue weighted by atomic mass is 9.89. The topological polar surface area (TPSA) is 55.6 Å². The average Bonchev–Trinajstić information content (AvgIpc) is 2.79. The predicted molar refractivity (Wildman–Crippen MR) is 86.6 cm³/mol. The molecule has 0 bridgehead atoms. The molecule has 2 rings (SSSR count). The summed E-state index contributed by atoms with van der Waals surface area (Å²) in [5, 5.41) is 7.79. The Balaban J connectivity index is 2.66. The third kappa shape index (κ3) is 2.91. The molecule has 2 aromatic heterocycles. The lowest BCUT2D eigenvalue weighted by Crippen LogP contribution is -2.14. The summed E-state index contributed by atoms with van der Waals surface area (Å²) < 4.78 is 1.83. The highest BCUT2D eigenvalue weighted by Crippen LogP contribution is 2.31. The lowest BCUT2D eigenvalue weighted by molar-refractivity contribution is 0.554. The fourth-order valence-electron chi connectivity index (χ4n) is 2.55. The lowest BCUT2D eigenvalue weighted by Gasteiger charge is -2.18. The number of anilines is 1. The van der Waals surface area contributed by atoms with Crippen LogP contribution < -0.4 is 5.32 Å². The van der Waals surface area contributed by atoms with Crippen molar-refractivity contribution in [3.8, 4) is 11.4 Å². The molecule has 0 aromatic carbocycles.